The fraction of sp³-hybridized carbons (Fsp3) is 0.200. The summed E-state index contributed by atoms with van der Waals surface area (Å²) >= 11 is 1.73. The van der Waals surface area contributed by atoms with Crippen LogP contribution in [0.5, 0.6) is 0 Å². The maximum absolute atomic E-state index is 12.1. The van der Waals surface area contributed by atoms with Crippen LogP contribution in [0.15, 0.2) is 35.1 Å². The van der Waals surface area contributed by atoms with E-state index in [0.29, 0.717) is 22.5 Å². The van der Waals surface area contributed by atoms with Crippen LogP contribution in [0.2, 0.25) is 0 Å². The Kier molecular flexibility index (Phi) is 3.39. The molecule has 21 heavy (non-hydrogen) atoms. The maximum atomic E-state index is 12.1. The minimum atomic E-state index is -0.190. The predicted octanol–water partition coefficient (Wildman–Crippen LogP) is 3.05. The summed E-state index contributed by atoms with van der Waals surface area (Å²) in [6, 6.07) is 9.37. The largest absolute Gasteiger partial charge is 0.399 e. The van der Waals surface area contributed by atoms with Gasteiger partial charge in [0.25, 0.3) is 5.56 Å². The van der Waals surface area contributed by atoms with E-state index in [9.17, 15) is 4.79 Å². The number of thiophene rings is 1. The van der Waals surface area contributed by atoms with Gasteiger partial charge in [-0.15, -0.1) is 11.3 Å². The number of nitrogens with one attached hydrogen (secondary N) is 2. The van der Waals surface area contributed by atoms with Crippen molar-refractivity contribution in [2.75, 3.05) is 11.1 Å². The van der Waals surface area contributed by atoms with Gasteiger partial charge in [0.05, 0.1) is 16.9 Å². The Hall–Kier alpha value is -2.34. The van der Waals surface area contributed by atoms with Crippen LogP contribution in [0, 0.1) is 6.92 Å². The van der Waals surface area contributed by atoms with Crippen molar-refractivity contribution in [1.29, 1.82) is 0 Å². The lowest BCUT2D eigenvalue weighted by Crippen LogP contribution is -2.15. The van der Waals surface area contributed by atoms with E-state index in [1.807, 2.05) is 6.92 Å². The van der Waals surface area contributed by atoms with E-state index in [1.54, 1.807) is 29.5 Å². The zero-order valence-corrected chi connectivity index (χ0v) is 12.6. The van der Waals surface area contributed by atoms with Crippen LogP contribution in [0.3, 0.4) is 0 Å². The van der Waals surface area contributed by atoms with Gasteiger partial charge in [-0.1, -0.05) is 0 Å². The molecule has 2 heterocycles. The minimum absolute atomic E-state index is 0.0816. The summed E-state index contributed by atoms with van der Waals surface area (Å²) in [5.41, 5.74) is 6.69. The molecule has 0 saturated carbocycles. The van der Waals surface area contributed by atoms with Gasteiger partial charge in [-0.2, -0.15) is 0 Å². The van der Waals surface area contributed by atoms with E-state index in [2.05, 4.69) is 34.3 Å². The molecule has 0 bridgehead atoms. The lowest BCUT2D eigenvalue weighted by Gasteiger charge is -2.13. The van der Waals surface area contributed by atoms with Crippen LogP contribution < -0.4 is 16.6 Å². The van der Waals surface area contributed by atoms with E-state index < -0.39 is 0 Å². The van der Waals surface area contributed by atoms with Crippen molar-refractivity contribution in [1.82, 2.24) is 9.97 Å². The number of nitrogen functional groups attached to an aromatic ring is 1. The van der Waals surface area contributed by atoms with Gasteiger partial charge in [0.15, 0.2) is 0 Å². The molecule has 0 aliphatic heterocycles. The van der Waals surface area contributed by atoms with Gasteiger partial charge in [0, 0.05) is 15.4 Å². The number of aryl methyl sites for hydroxylation is 1. The first-order valence-corrected chi connectivity index (χ1v) is 7.47. The van der Waals surface area contributed by atoms with Crippen molar-refractivity contribution in [3.8, 4) is 0 Å². The first-order chi connectivity index (χ1) is 10.0. The predicted molar refractivity (Wildman–Crippen MR) is 87.9 cm³/mol. The van der Waals surface area contributed by atoms with E-state index in [-0.39, 0.29) is 11.6 Å². The molecule has 1 atom stereocenters. The number of anilines is 2. The Labute approximate surface area is 125 Å². The van der Waals surface area contributed by atoms with Crippen molar-refractivity contribution < 1.29 is 0 Å². The van der Waals surface area contributed by atoms with Crippen LogP contribution >= 0.6 is 11.3 Å². The van der Waals surface area contributed by atoms with Crippen molar-refractivity contribution in [2.45, 2.75) is 19.9 Å². The number of benzene rings is 1. The van der Waals surface area contributed by atoms with Crippen molar-refractivity contribution in [3.63, 3.8) is 0 Å². The molecule has 108 valence electrons. The summed E-state index contributed by atoms with van der Waals surface area (Å²) in [6.45, 7) is 4.11. The highest BCUT2D eigenvalue weighted by atomic mass is 32.1. The molecular formula is C15H16N4OS. The van der Waals surface area contributed by atoms with Gasteiger partial charge >= 0.3 is 0 Å². The van der Waals surface area contributed by atoms with Crippen molar-refractivity contribution in [3.05, 3.63) is 50.4 Å². The molecule has 3 rings (SSSR count). The van der Waals surface area contributed by atoms with Crippen molar-refractivity contribution in [2.24, 2.45) is 0 Å². The lowest BCUT2D eigenvalue weighted by molar-refractivity contribution is 0.881. The fourth-order valence-corrected chi connectivity index (χ4v) is 3.07. The molecule has 0 fully saturated rings. The third-order valence-corrected chi connectivity index (χ3v) is 4.45. The second kappa shape index (κ2) is 5.21. The zero-order valence-electron chi connectivity index (χ0n) is 11.8. The first kappa shape index (κ1) is 13.6. The minimum Gasteiger partial charge on any atom is -0.399 e. The van der Waals surface area contributed by atoms with Gasteiger partial charge in [0.2, 0.25) is 5.95 Å². The number of nitrogens with zero attached hydrogens (tertiary/aromatic N) is 1. The molecule has 1 aromatic carbocycles. The summed E-state index contributed by atoms with van der Waals surface area (Å²) in [7, 11) is 0. The molecule has 0 amide bonds. The summed E-state index contributed by atoms with van der Waals surface area (Å²) < 4.78 is 0. The van der Waals surface area contributed by atoms with Gasteiger partial charge in [-0.25, -0.2) is 4.98 Å². The highest BCUT2D eigenvalue weighted by molar-refractivity contribution is 7.12. The smallest absolute Gasteiger partial charge is 0.260 e. The summed E-state index contributed by atoms with van der Waals surface area (Å²) in [5.74, 6) is 0.468. The van der Waals surface area contributed by atoms with Gasteiger partial charge in [-0.05, 0) is 44.2 Å². The molecule has 6 heteroatoms. The molecule has 0 spiro atoms. The number of aromatic amines is 1. The Morgan fingerprint density at radius 1 is 1.33 bits per heavy atom. The average Bonchev–Trinajstić information content (AvgIpc) is 2.86. The van der Waals surface area contributed by atoms with Gasteiger partial charge < -0.3 is 11.1 Å². The molecule has 5 nitrogen and oxygen atoms in total. The quantitative estimate of drug-likeness (QED) is 0.649. The Morgan fingerprint density at radius 2 is 2.14 bits per heavy atom. The van der Waals surface area contributed by atoms with Gasteiger partial charge in [0.1, 0.15) is 0 Å². The number of hydrogen-bond acceptors (Lipinski definition) is 5. The Morgan fingerprint density at radius 3 is 2.86 bits per heavy atom. The summed E-state index contributed by atoms with van der Waals surface area (Å²) in [6.07, 6.45) is 0. The number of nitrogens with two attached hydrogens (primary N) is 1. The standard InChI is InChI=1S/C15H16N4OS/c1-8-3-6-13(21-8)9(2)17-15-18-12-5-4-10(16)7-11(12)14(20)19-15/h3-7,9H,16H2,1-2H3,(H2,17,18,19,20). The molecule has 0 radical (unpaired) electrons. The summed E-state index contributed by atoms with van der Waals surface area (Å²) in [5, 5.41) is 3.73. The van der Waals surface area contributed by atoms with Crippen LogP contribution in [0.25, 0.3) is 10.9 Å². The molecule has 0 aliphatic carbocycles. The van der Waals surface area contributed by atoms with Crippen LogP contribution in [-0.4, -0.2) is 9.97 Å². The van der Waals surface area contributed by atoms with Crippen LogP contribution in [0.1, 0.15) is 22.7 Å². The van der Waals surface area contributed by atoms with Crippen LogP contribution in [0.4, 0.5) is 11.6 Å². The Bertz CT molecular complexity index is 852. The third kappa shape index (κ3) is 2.75. The maximum Gasteiger partial charge on any atom is 0.260 e. The van der Waals surface area contributed by atoms with E-state index >= 15 is 0 Å². The second-order valence-electron chi connectivity index (χ2n) is 5.01. The normalized spacial score (nSPS) is 12.5. The topological polar surface area (TPSA) is 83.8 Å². The van der Waals surface area contributed by atoms with E-state index in [0.717, 1.165) is 0 Å². The highest BCUT2D eigenvalue weighted by Gasteiger charge is 2.10. The Balaban J connectivity index is 1.94. The number of rotatable bonds is 3. The van der Waals surface area contributed by atoms with Crippen molar-refractivity contribution >= 4 is 33.9 Å². The second-order valence-corrected chi connectivity index (χ2v) is 6.33. The molecule has 0 aliphatic rings. The molecule has 2 aromatic heterocycles. The zero-order chi connectivity index (χ0) is 15.0. The number of hydrogen-bond donors (Lipinski definition) is 3. The SMILES string of the molecule is Cc1ccc(C(C)Nc2nc3ccc(N)cc3c(=O)[nH]2)s1. The van der Waals surface area contributed by atoms with E-state index in [1.165, 1.54) is 9.75 Å². The molecular weight excluding hydrogens is 284 g/mol. The number of aromatic nitrogens is 2. The molecule has 4 N–H and O–H groups in total. The highest BCUT2D eigenvalue weighted by Crippen LogP contribution is 2.24. The molecule has 0 saturated heterocycles. The monoisotopic (exact) mass is 300 g/mol. The van der Waals surface area contributed by atoms with E-state index in [4.69, 9.17) is 5.73 Å². The molecule has 3 aromatic rings. The molecule has 1 unspecified atom stereocenters. The summed E-state index contributed by atoms with van der Waals surface area (Å²) in [4.78, 5) is 21.7. The fourth-order valence-electron chi connectivity index (χ4n) is 2.19. The lowest BCUT2D eigenvalue weighted by atomic mass is 10.2. The number of H-pyrrole nitrogens is 1. The number of fused-ring (bicyclic) bond motifs is 1. The average molecular weight is 300 g/mol. The first-order valence-electron chi connectivity index (χ1n) is 6.65. The van der Waals surface area contributed by atoms with Crippen LogP contribution in [-0.2, 0) is 0 Å². The van der Waals surface area contributed by atoms with Gasteiger partial charge in [-0.3, -0.25) is 9.78 Å². The third-order valence-electron chi connectivity index (χ3n) is 3.27.